The molecule has 8 aliphatic heterocycles. The van der Waals surface area contributed by atoms with Crippen LogP contribution in [0.2, 0.25) is 0 Å². The summed E-state index contributed by atoms with van der Waals surface area (Å²) in [4.78, 5) is 23.3. The number of aromatic nitrogens is 2. The molecule has 12 heteroatoms. The summed E-state index contributed by atoms with van der Waals surface area (Å²) in [5.41, 5.74) is 8.25. The van der Waals surface area contributed by atoms with Gasteiger partial charge in [0.1, 0.15) is 26.4 Å². The highest BCUT2D eigenvalue weighted by atomic mass is 16.6. The Kier molecular flexibility index (Phi) is 7.70. The number of benzene rings is 2. The van der Waals surface area contributed by atoms with E-state index >= 15 is 0 Å². The highest BCUT2D eigenvalue weighted by Crippen LogP contribution is 2.45. The topological polar surface area (TPSA) is 87.9 Å². The minimum Gasteiger partial charge on any atom is -0.486 e. The summed E-state index contributed by atoms with van der Waals surface area (Å²) in [6, 6.07) is 9.68. The lowest BCUT2D eigenvalue weighted by Crippen LogP contribution is -2.64. The second kappa shape index (κ2) is 12.5. The van der Waals surface area contributed by atoms with Gasteiger partial charge < -0.3 is 38.7 Å². The van der Waals surface area contributed by atoms with E-state index < -0.39 is 0 Å². The Morgan fingerprint density at radius 2 is 0.942 bits per heavy atom. The van der Waals surface area contributed by atoms with Gasteiger partial charge in [-0.15, -0.1) is 0 Å². The Labute approximate surface area is 305 Å². The van der Waals surface area contributed by atoms with Gasteiger partial charge in [0.15, 0.2) is 23.0 Å². The van der Waals surface area contributed by atoms with Crippen molar-refractivity contribution >= 4 is 21.8 Å². The summed E-state index contributed by atoms with van der Waals surface area (Å²) in [6.07, 6.45) is 5.78. The molecule has 276 valence electrons. The minimum atomic E-state index is 0.512. The normalized spacial score (nSPS) is 29.3. The predicted molar refractivity (Wildman–Crippen MR) is 200 cm³/mol. The van der Waals surface area contributed by atoms with Crippen LogP contribution in [0.15, 0.2) is 24.3 Å². The molecule has 4 fully saturated rings. The van der Waals surface area contributed by atoms with Crippen molar-refractivity contribution in [1.82, 2.24) is 39.4 Å². The highest BCUT2D eigenvalue weighted by Gasteiger charge is 2.44. The van der Waals surface area contributed by atoms with Crippen molar-refractivity contribution in [3.8, 4) is 23.0 Å². The van der Waals surface area contributed by atoms with Crippen LogP contribution in [0, 0.1) is 0 Å². The van der Waals surface area contributed by atoms with E-state index in [0.717, 1.165) is 62.0 Å². The van der Waals surface area contributed by atoms with Gasteiger partial charge in [0.25, 0.3) is 0 Å². The molecular weight excluding hydrogens is 656 g/mol. The molecule has 8 aliphatic rings. The summed E-state index contributed by atoms with van der Waals surface area (Å²) >= 11 is 0. The molecule has 0 saturated carbocycles. The molecule has 4 saturated heterocycles. The third-order valence-electron chi connectivity index (χ3n) is 13.4. The van der Waals surface area contributed by atoms with Crippen LogP contribution in [0.5, 0.6) is 23.0 Å². The number of likely N-dealkylation sites (N-methyl/N-ethyl adjacent to an activating group) is 2. The fraction of sp³-hybridized carbons (Fsp3) is 0.600. The van der Waals surface area contributed by atoms with Crippen LogP contribution in [0.1, 0.15) is 47.4 Å². The van der Waals surface area contributed by atoms with Gasteiger partial charge >= 0.3 is 0 Å². The molecule has 0 amide bonds. The molecule has 4 aromatic rings. The van der Waals surface area contributed by atoms with Crippen molar-refractivity contribution in [2.75, 3.05) is 106 Å². The first-order valence-corrected chi connectivity index (χ1v) is 19.8. The monoisotopic (exact) mass is 708 g/mol. The maximum atomic E-state index is 5.82. The number of fused-ring (bicyclic) bond motifs is 16. The average molecular weight is 709 g/mol. The van der Waals surface area contributed by atoms with Crippen LogP contribution in [0.25, 0.3) is 21.8 Å². The number of ether oxygens (including phenoxy) is 4. The Bertz CT molecular complexity index is 1870. The van der Waals surface area contributed by atoms with E-state index in [1.807, 2.05) is 0 Å². The van der Waals surface area contributed by atoms with Crippen molar-refractivity contribution in [2.24, 2.45) is 0 Å². The van der Waals surface area contributed by atoms with E-state index in [0.29, 0.717) is 50.8 Å². The van der Waals surface area contributed by atoms with Gasteiger partial charge in [0, 0.05) is 111 Å². The lowest BCUT2D eigenvalue weighted by Gasteiger charge is -2.53. The van der Waals surface area contributed by atoms with Crippen molar-refractivity contribution in [1.29, 1.82) is 0 Å². The fourth-order valence-corrected chi connectivity index (χ4v) is 10.8. The molecule has 0 radical (unpaired) electrons. The number of hydrogen-bond acceptors (Lipinski definition) is 10. The van der Waals surface area contributed by atoms with E-state index in [9.17, 15) is 0 Å². The first kappa shape index (κ1) is 32.0. The van der Waals surface area contributed by atoms with Gasteiger partial charge in [-0.05, 0) is 63.0 Å². The average Bonchev–Trinajstić information content (AvgIpc) is 3.73. The van der Waals surface area contributed by atoms with Crippen molar-refractivity contribution < 1.29 is 18.9 Å². The van der Waals surface area contributed by atoms with Crippen LogP contribution in [0.4, 0.5) is 0 Å². The van der Waals surface area contributed by atoms with Crippen LogP contribution < -0.4 is 18.9 Å². The molecule has 12 nitrogen and oxygen atoms in total. The van der Waals surface area contributed by atoms with Crippen molar-refractivity contribution in [2.45, 2.75) is 50.1 Å². The number of nitrogens with one attached hydrogen (secondary N) is 2. The second-order valence-corrected chi connectivity index (χ2v) is 16.3. The lowest BCUT2D eigenvalue weighted by molar-refractivity contribution is -0.0772. The Morgan fingerprint density at radius 3 is 1.38 bits per heavy atom. The standard InChI is InChI=1S/2C20H26N4O2/c2*1-22-6-7-23-4-3-16-20-13(2-5-24(16)19(23)12-22)14-10-17-18(11-15(14)21-20)26-9-8-25-17/h2*10-11,16,19,21H,2-9,12H2,1H3/t2*16-,19-/m10/s1. The summed E-state index contributed by atoms with van der Waals surface area (Å²) in [5, 5.41) is 2.65. The third kappa shape index (κ3) is 5.16. The van der Waals surface area contributed by atoms with E-state index in [2.05, 4.69) is 77.7 Å². The van der Waals surface area contributed by atoms with E-state index in [-0.39, 0.29) is 0 Å². The maximum absolute atomic E-state index is 5.82. The summed E-state index contributed by atoms with van der Waals surface area (Å²) in [5.74, 6) is 3.55. The summed E-state index contributed by atoms with van der Waals surface area (Å²) in [7, 11) is 4.51. The SMILES string of the molecule is CN1CCN2CC[C@@H]3c4[nH]c5cc6c(cc5c4CCN3[C@@H]2C1)OCCO6.CN1CCN2CC[C@H]3c4[nH]c5cc6c(cc5c4CCN3[C@H]2C1)OCCO6. The highest BCUT2D eigenvalue weighted by molar-refractivity contribution is 5.89. The number of H-pyrrole nitrogens is 2. The molecule has 4 atom stereocenters. The van der Waals surface area contributed by atoms with Crippen LogP contribution in [0.3, 0.4) is 0 Å². The number of nitrogens with zero attached hydrogens (tertiary/aromatic N) is 6. The Hall–Kier alpha value is -3.52. The molecule has 0 unspecified atom stereocenters. The number of aromatic amines is 2. The Balaban J connectivity index is 0.000000123. The zero-order valence-electron chi connectivity index (χ0n) is 30.7. The quantitative estimate of drug-likeness (QED) is 0.283. The van der Waals surface area contributed by atoms with E-state index in [4.69, 9.17) is 18.9 Å². The molecule has 10 heterocycles. The zero-order valence-corrected chi connectivity index (χ0v) is 30.7. The number of hydrogen-bond donors (Lipinski definition) is 2. The van der Waals surface area contributed by atoms with E-state index in [1.54, 1.807) is 0 Å². The number of piperazine rings is 2. The smallest absolute Gasteiger partial charge is 0.163 e. The third-order valence-corrected chi connectivity index (χ3v) is 13.4. The molecule has 2 aromatic carbocycles. The van der Waals surface area contributed by atoms with Gasteiger partial charge in [-0.25, -0.2) is 0 Å². The summed E-state index contributed by atoms with van der Waals surface area (Å²) in [6.45, 7) is 14.4. The van der Waals surface area contributed by atoms with Gasteiger partial charge in [0.05, 0.1) is 24.4 Å². The molecule has 0 aliphatic carbocycles. The van der Waals surface area contributed by atoms with Gasteiger partial charge in [0.2, 0.25) is 0 Å². The molecular formula is C40H52N8O4. The summed E-state index contributed by atoms with van der Waals surface area (Å²) < 4.78 is 23.2. The van der Waals surface area contributed by atoms with Gasteiger partial charge in [-0.3, -0.25) is 19.6 Å². The lowest BCUT2D eigenvalue weighted by atomic mass is 9.92. The first-order valence-electron chi connectivity index (χ1n) is 19.8. The second-order valence-electron chi connectivity index (χ2n) is 16.3. The van der Waals surface area contributed by atoms with Crippen LogP contribution in [-0.4, -0.2) is 158 Å². The van der Waals surface area contributed by atoms with E-state index in [1.165, 1.54) is 96.4 Å². The first-order chi connectivity index (χ1) is 25.6. The number of rotatable bonds is 0. The predicted octanol–water partition coefficient (Wildman–Crippen LogP) is 3.63. The molecule has 12 rings (SSSR count). The Morgan fingerprint density at radius 1 is 0.519 bits per heavy atom. The molecule has 2 aromatic heterocycles. The fourth-order valence-electron chi connectivity index (χ4n) is 10.8. The zero-order chi connectivity index (χ0) is 34.5. The minimum absolute atomic E-state index is 0.512. The molecule has 52 heavy (non-hydrogen) atoms. The molecule has 0 spiro atoms. The maximum Gasteiger partial charge on any atom is 0.163 e. The van der Waals surface area contributed by atoms with Crippen LogP contribution in [-0.2, 0) is 12.8 Å². The van der Waals surface area contributed by atoms with Crippen molar-refractivity contribution in [3.63, 3.8) is 0 Å². The largest absolute Gasteiger partial charge is 0.486 e. The van der Waals surface area contributed by atoms with Crippen LogP contribution >= 0.6 is 0 Å². The van der Waals surface area contributed by atoms with Crippen molar-refractivity contribution in [3.05, 3.63) is 46.8 Å². The van der Waals surface area contributed by atoms with Gasteiger partial charge in [-0.2, -0.15) is 0 Å². The van der Waals surface area contributed by atoms with Gasteiger partial charge in [-0.1, -0.05) is 0 Å². The molecule has 0 bridgehead atoms. The molecule has 2 N–H and O–H groups in total.